The standard InChI is InChI=1S/C13H15NO3/c1-9(8-14)7-10-5-6-11(15-2)13(17-4)12(10)16-3/h5-7H,1-4H3. The Morgan fingerprint density at radius 3 is 2.24 bits per heavy atom. The van der Waals surface area contributed by atoms with E-state index < -0.39 is 0 Å². The largest absolute Gasteiger partial charge is 0.493 e. The lowest BCUT2D eigenvalue weighted by Gasteiger charge is -2.14. The summed E-state index contributed by atoms with van der Waals surface area (Å²) in [5.41, 5.74) is 1.37. The molecule has 0 aliphatic heterocycles. The van der Waals surface area contributed by atoms with Gasteiger partial charge in [0, 0.05) is 11.1 Å². The molecule has 0 heterocycles. The second-order valence-electron chi connectivity index (χ2n) is 3.36. The predicted octanol–water partition coefficient (Wildman–Crippen LogP) is 2.64. The molecule has 4 nitrogen and oxygen atoms in total. The quantitative estimate of drug-likeness (QED) is 0.750. The van der Waals surface area contributed by atoms with Crippen LogP contribution in [0.3, 0.4) is 0 Å². The first-order valence-corrected chi connectivity index (χ1v) is 5.05. The van der Waals surface area contributed by atoms with E-state index in [9.17, 15) is 0 Å². The fraction of sp³-hybridized carbons (Fsp3) is 0.308. The van der Waals surface area contributed by atoms with Crippen LogP contribution in [-0.4, -0.2) is 21.3 Å². The van der Waals surface area contributed by atoms with Gasteiger partial charge in [-0.2, -0.15) is 5.26 Å². The summed E-state index contributed by atoms with van der Waals surface area (Å²) in [5.74, 6) is 1.67. The van der Waals surface area contributed by atoms with Gasteiger partial charge in [0.25, 0.3) is 0 Å². The van der Waals surface area contributed by atoms with Gasteiger partial charge in [-0.1, -0.05) is 0 Å². The summed E-state index contributed by atoms with van der Waals surface area (Å²) in [7, 11) is 4.66. The third kappa shape index (κ3) is 2.70. The highest BCUT2D eigenvalue weighted by Gasteiger charge is 2.14. The minimum absolute atomic E-state index is 0.523. The molecule has 0 radical (unpaired) electrons. The minimum Gasteiger partial charge on any atom is -0.493 e. The van der Waals surface area contributed by atoms with Gasteiger partial charge in [0.1, 0.15) is 0 Å². The smallest absolute Gasteiger partial charge is 0.203 e. The van der Waals surface area contributed by atoms with Crippen LogP contribution in [0.1, 0.15) is 12.5 Å². The molecule has 0 N–H and O–H groups in total. The molecular formula is C13H15NO3. The third-order valence-electron chi connectivity index (χ3n) is 2.28. The zero-order valence-corrected chi connectivity index (χ0v) is 10.4. The summed E-state index contributed by atoms with van der Waals surface area (Å²) in [6.07, 6.45) is 1.74. The number of nitriles is 1. The van der Waals surface area contributed by atoms with Gasteiger partial charge in [-0.05, 0) is 25.1 Å². The molecule has 0 fully saturated rings. The van der Waals surface area contributed by atoms with Gasteiger partial charge < -0.3 is 14.2 Å². The maximum absolute atomic E-state index is 8.77. The van der Waals surface area contributed by atoms with Gasteiger partial charge in [0.2, 0.25) is 5.75 Å². The Morgan fingerprint density at radius 1 is 1.12 bits per heavy atom. The summed E-state index contributed by atoms with van der Waals surface area (Å²) in [4.78, 5) is 0. The molecule has 90 valence electrons. The van der Waals surface area contributed by atoms with Gasteiger partial charge in [-0.15, -0.1) is 0 Å². The molecule has 0 atom stereocenters. The summed E-state index contributed by atoms with van der Waals surface area (Å²) >= 11 is 0. The van der Waals surface area contributed by atoms with Crippen LogP contribution >= 0.6 is 0 Å². The molecule has 1 rings (SSSR count). The normalized spacial score (nSPS) is 10.6. The number of hydrogen-bond donors (Lipinski definition) is 0. The van der Waals surface area contributed by atoms with Crippen LogP contribution in [0.25, 0.3) is 6.08 Å². The molecule has 0 saturated carbocycles. The Balaban J connectivity index is 3.39. The first-order valence-electron chi connectivity index (χ1n) is 5.05. The lowest BCUT2D eigenvalue weighted by molar-refractivity contribution is 0.324. The number of nitrogens with zero attached hydrogens (tertiary/aromatic N) is 1. The maximum Gasteiger partial charge on any atom is 0.203 e. The van der Waals surface area contributed by atoms with Crippen LogP contribution in [-0.2, 0) is 0 Å². The Morgan fingerprint density at radius 2 is 1.76 bits per heavy atom. The van der Waals surface area contributed by atoms with E-state index in [1.165, 1.54) is 0 Å². The van der Waals surface area contributed by atoms with E-state index in [0.29, 0.717) is 22.8 Å². The molecule has 0 saturated heterocycles. The molecule has 0 unspecified atom stereocenters. The molecule has 0 aromatic heterocycles. The van der Waals surface area contributed by atoms with E-state index in [1.807, 2.05) is 6.07 Å². The van der Waals surface area contributed by atoms with E-state index in [0.717, 1.165) is 5.56 Å². The molecule has 4 heteroatoms. The Labute approximate surface area is 101 Å². The van der Waals surface area contributed by atoms with Gasteiger partial charge in [0.05, 0.1) is 27.4 Å². The molecule has 0 bridgehead atoms. The number of allylic oxidation sites excluding steroid dienone is 1. The topological polar surface area (TPSA) is 51.5 Å². The van der Waals surface area contributed by atoms with Crippen molar-refractivity contribution in [2.75, 3.05) is 21.3 Å². The highest BCUT2D eigenvalue weighted by Crippen LogP contribution is 2.40. The van der Waals surface area contributed by atoms with Crippen molar-refractivity contribution in [2.45, 2.75) is 6.92 Å². The summed E-state index contributed by atoms with van der Waals surface area (Å²) < 4.78 is 15.7. The van der Waals surface area contributed by atoms with Crippen LogP contribution in [0, 0.1) is 11.3 Å². The zero-order valence-electron chi connectivity index (χ0n) is 10.4. The van der Waals surface area contributed by atoms with E-state index >= 15 is 0 Å². The van der Waals surface area contributed by atoms with Gasteiger partial charge in [-0.25, -0.2) is 0 Å². The second kappa shape index (κ2) is 5.80. The molecule has 17 heavy (non-hydrogen) atoms. The van der Waals surface area contributed by atoms with Crippen molar-refractivity contribution in [3.05, 3.63) is 23.3 Å². The lowest BCUT2D eigenvalue weighted by Crippen LogP contribution is -1.96. The van der Waals surface area contributed by atoms with Crippen LogP contribution in [0.4, 0.5) is 0 Å². The van der Waals surface area contributed by atoms with Crippen LogP contribution in [0.15, 0.2) is 17.7 Å². The third-order valence-corrected chi connectivity index (χ3v) is 2.28. The van der Waals surface area contributed by atoms with Crippen molar-refractivity contribution in [1.82, 2.24) is 0 Å². The number of ether oxygens (including phenoxy) is 3. The molecule has 0 spiro atoms. The van der Waals surface area contributed by atoms with Crippen molar-refractivity contribution in [1.29, 1.82) is 5.26 Å². The fourth-order valence-corrected chi connectivity index (χ4v) is 1.50. The van der Waals surface area contributed by atoms with Crippen LogP contribution in [0.5, 0.6) is 17.2 Å². The summed E-state index contributed by atoms with van der Waals surface area (Å²) in [5, 5.41) is 8.77. The highest BCUT2D eigenvalue weighted by atomic mass is 16.5. The SMILES string of the molecule is COc1ccc(C=C(C)C#N)c(OC)c1OC. The van der Waals surface area contributed by atoms with Gasteiger partial charge in [0.15, 0.2) is 11.5 Å². The maximum atomic E-state index is 8.77. The molecular weight excluding hydrogens is 218 g/mol. The molecule has 1 aromatic carbocycles. The minimum atomic E-state index is 0.523. The van der Waals surface area contributed by atoms with Crippen molar-refractivity contribution in [2.24, 2.45) is 0 Å². The predicted molar refractivity (Wildman–Crippen MR) is 65.4 cm³/mol. The molecule has 0 aliphatic rings. The van der Waals surface area contributed by atoms with Crippen molar-refractivity contribution in [3.63, 3.8) is 0 Å². The zero-order chi connectivity index (χ0) is 12.8. The molecule has 0 aliphatic carbocycles. The fourth-order valence-electron chi connectivity index (χ4n) is 1.50. The first kappa shape index (κ1) is 12.9. The van der Waals surface area contributed by atoms with E-state index in [4.69, 9.17) is 19.5 Å². The number of methoxy groups -OCH3 is 3. The van der Waals surface area contributed by atoms with E-state index in [1.54, 1.807) is 40.4 Å². The molecule has 1 aromatic rings. The first-order chi connectivity index (χ1) is 8.17. The van der Waals surface area contributed by atoms with Crippen LogP contribution in [0.2, 0.25) is 0 Å². The van der Waals surface area contributed by atoms with Crippen molar-refractivity contribution < 1.29 is 14.2 Å². The van der Waals surface area contributed by atoms with Gasteiger partial charge >= 0.3 is 0 Å². The second-order valence-corrected chi connectivity index (χ2v) is 3.36. The van der Waals surface area contributed by atoms with E-state index in [2.05, 4.69) is 6.07 Å². The van der Waals surface area contributed by atoms with Crippen molar-refractivity contribution in [3.8, 4) is 23.3 Å². The van der Waals surface area contributed by atoms with Gasteiger partial charge in [-0.3, -0.25) is 0 Å². The van der Waals surface area contributed by atoms with E-state index in [-0.39, 0.29) is 0 Å². The van der Waals surface area contributed by atoms with Crippen LogP contribution < -0.4 is 14.2 Å². The Bertz CT molecular complexity index is 472. The highest BCUT2D eigenvalue weighted by molar-refractivity contribution is 5.68. The molecule has 0 amide bonds. The monoisotopic (exact) mass is 233 g/mol. The number of hydrogen-bond acceptors (Lipinski definition) is 4. The average molecular weight is 233 g/mol. The Kier molecular flexibility index (Phi) is 4.41. The van der Waals surface area contributed by atoms with Crippen molar-refractivity contribution >= 4 is 6.08 Å². The summed E-state index contributed by atoms with van der Waals surface area (Å²) in [6, 6.07) is 5.66. The summed E-state index contributed by atoms with van der Waals surface area (Å²) in [6.45, 7) is 1.73. The average Bonchev–Trinajstić information content (AvgIpc) is 2.37. The Hall–Kier alpha value is -2.15. The number of rotatable bonds is 4. The lowest BCUT2D eigenvalue weighted by atomic mass is 10.1. The number of benzene rings is 1.